The monoisotopic (exact) mass is 369 g/mol. The van der Waals surface area contributed by atoms with Crippen molar-refractivity contribution in [2.24, 2.45) is 0 Å². The molecule has 0 saturated carbocycles. The molecular weight excluding hydrogens is 342 g/mol. The van der Waals surface area contributed by atoms with Crippen LogP contribution in [0.15, 0.2) is 48.5 Å². The van der Waals surface area contributed by atoms with Crippen molar-refractivity contribution in [2.75, 3.05) is 51.8 Å². The molecule has 1 N–H and O–H groups in total. The van der Waals surface area contributed by atoms with E-state index in [1.807, 2.05) is 47.4 Å². The van der Waals surface area contributed by atoms with Crippen molar-refractivity contribution in [3.05, 3.63) is 54.1 Å². The van der Waals surface area contributed by atoms with Crippen LogP contribution < -0.4 is 19.7 Å². The summed E-state index contributed by atoms with van der Waals surface area (Å²) in [6.45, 7) is 3.97. The number of carbonyl (C=O) groups excluding carboxylic acids is 1. The average molecular weight is 369 g/mol. The van der Waals surface area contributed by atoms with Crippen LogP contribution in [-0.4, -0.2) is 57.8 Å². The van der Waals surface area contributed by atoms with E-state index in [4.69, 9.17) is 9.47 Å². The molecule has 6 nitrogen and oxygen atoms in total. The Labute approximate surface area is 160 Å². The standard InChI is InChI=1S/C21H27N3O3/c1-26-19-9-5-3-7-17(19)15-22-16-21(25)24-13-11-23(12-14-24)18-8-4-6-10-20(18)27-2/h3-10,22H,11-16H2,1-2H3. The summed E-state index contributed by atoms with van der Waals surface area (Å²) in [6, 6.07) is 15.8. The SMILES string of the molecule is COc1ccccc1CNCC(=O)N1CCN(c2ccccc2OC)CC1. The molecule has 0 atom stereocenters. The molecule has 3 rings (SSSR count). The van der Waals surface area contributed by atoms with Crippen molar-refractivity contribution in [2.45, 2.75) is 6.54 Å². The van der Waals surface area contributed by atoms with Crippen LogP contribution in [0, 0.1) is 0 Å². The summed E-state index contributed by atoms with van der Waals surface area (Å²) >= 11 is 0. The molecule has 1 aliphatic heterocycles. The third kappa shape index (κ3) is 4.71. The highest BCUT2D eigenvalue weighted by Gasteiger charge is 2.22. The fourth-order valence-corrected chi connectivity index (χ4v) is 3.35. The second-order valence-electron chi connectivity index (χ2n) is 6.46. The van der Waals surface area contributed by atoms with Crippen LogP contribution in [0.5, 0.6) is 11.5 Å². The molecule has 0 aliphatic carbocycles. The van der Waals surface area contributed by atoms with E-state index in [0.717, 1.165) is 35.8 Å². The highest BCUT2D eigenvalue weighted by molar-refractivity contribution is 5.78. The Kier molecular flexibility index (Phi) is 6.54. The summed E-state index contributed by atoms with van der Waals surface area (Å²) in [7, 11) is 3.34. The van der Waals surface area contributed by atoms with Crippen molar-refractivity contribution < 1.29 is 14.3 Å². The molecule has 0 aromatic heterocycles. The van der Waals surface area contributed by atoms with Gasteiger partial charge in [0.15, 0.2) is 0 Å². The molecule has 0 bridgehead atoms. The number of amides is 1. The van der Waals surface area contributed by atoms with E-state index in [2.05, 4.69) is 16.3 Å². The van der Waals surface area contributed by atoms with Crippen LogP contribution >= 0.6 is 0 Å². The topological polar surface area (TPSA) is 54.0 Å². The predicted molar refractivity (Wildman–Crippen MR) is 106 cm³/mol. The van der Waals surface area contributed by atoms with Gasteiger partial charge in [-0.2, -0.15) is 0 Å². The number of carbonyl (C=O) groups is 1. The molecule has 6 heteroatoms. The van der Waals surface area contributed by atoms with Crippen LogP contribution in [0.3, 0.4) is 0 Å². The number of hydrogen-bond acceptors (Lipinski definition) is 5. The quantitative estimate of drug-likeness (QED) is 0.810. The predicted octanol–water partition coefficient (Wildman–Crippen LogP) is 2.14. The van der Waals surface area contributed by atoms with Crippen molar-refractivity contribution in [1.82, 2.24) is 10.2 Å². The number of nitrogens with one attached hydrogen (secondary N) is 1. The summed E-state index contributed by atoms with van der Waals surface area (Å²) in [5.41, 5.74) is 2.13. The van der Waals surface area contributed by atoms with E-state index in [1.165, 1.54) is 0 Å². The summed E-state index contributed by atoms with van der Waals surface area (Å²) in [5, 5.41) is 3.23. The molecule has 1 fully saturated rings. The Morgan fingerprint density at radius 3 is 2.26 bits per heavy atom. The summed E-state index contributed by atoms with van der Waals surface area (Å²) in [4.78, 5) is 16.7. The Morgan fingerprint density at radius 2 is 1.56 bits per heavy atom. The number of benzene rings is 2. The van der Waals surface area contributed by atoms with Crippen molar-refractivity contribution in [1.29, 1.82) is 0 Å². The van der Waals surface area contributed by atoms with Gasteiger partial charge in [-0.05, 0) is 18.2 Å². The largest absolute Gasteiger partial charge is 0.496 e. The minimum atomic E-state index is 0.129. The third-order valence-corrected chi connectivity index (χ3v) is 4.84. The highest BCUT2D eigenvalue weighted by Crippen LogP contribution is 2.28. The Balaban J connectivity index is 1.47. The molecule has 2 aromatic rings. The third-order valence-electron chi connectivity index (χ3n) is 4.84. The summed E-state index contributed by atoms with van der Waals surface area (Å²) in [6.07, 6.45) is 0. The molecule has 2 aromatic carbocycles. The van der Waals surface area contributed by atoms with Crippen molar-refractivity contribution in [3.8, 4) is 11.5 Å². The first kappa shape index (κ1) is 19.0. The minimum Gasteiger partial charge on any atom is -0.496 e. The smallest absolute Gasteiger partial charge is 0.236 e. The first-order valence-electron chi connectivity index (χ1n) is 9.21. The Morgan fingerprint density at radius 1 is 0.926 bits per heavy atom. The Bertz CT molecular complexity index is 758. The molecule has 1 aliphatic rings. The molecule has 1 saturated heterocycles. The van der Waals surface area contributed by atoms with E-state index in [9.17, 15) is 4.79 Å². The van der Waals surface area contributed by atoms with Crippen LogP contribution in [0.4, 0.5) is 5.69 Å². The lowest BCUT2D eigenvalue weighted by atomic mass is 10.2. The minimum absolute atomic E-state index is 0.129. The van der Waals surface area contributed by atoms with Gasteiger partial charge in [-0.3, -0.25) is 4.79 Å². The van der Waals surface area contributed by atoms with Crippen molar-refractivity contribution >= 4 is 11.6 Å². The molecular formula is C21H27N3O3. The molecule has 1 heterocycles. The number of methoxy groups -OCH3 is 2. The van der Waals surface area contributed by atoms with Gasteiger partial charge in [0.05, 0.1) is 26.5 Å². The summed E-state index contributed by atoms with van der Waals surface area (Å²) in [5.74, 6) is 1.84. The van der Waals surface area contributed by atoms with Crippen LogP contribution in [0.2, 0.25) is 0 Å². The lowest BCUT2D eigenvalue weighted by Crippen LogP contribution is -2.50. The normalized spacial score (nSPS) is 14.1. The summed E-state index contributed by atoms with van der Waals surface area (Å²) < 4.78 is 10.8. The molecule has 144 valence electrons. The first-order valence-corrected chi connectivity index (χ1v) is 9.21. The number of hydrogen-bond donors (Lipinski definition) is 1. The van der Waals surface area contributed by atoms with Crippen molar-refractivity contribution in [3.63, 3.8) is 0 Å². The van der Waals surface area contributed by atoms with Gasteiger partial charge >= 0.3 is 0 Å². The maximum Gasteiger partial charge on any atom is 0.236 e. The average Bonchev–Trinajstić information content (AvgIpc) is 2.74. The molecule has 1 amide bonds. The van der Waals surface area contributed by atoms with E-state index in [-0.39, 0.29) is 5.91 Å². The molecule has 0 unspecified atom stereocenters. The van der Waals surface area contributed by atoms with Gasteiger partial charge in [0.2, 0.25) is 5.91 Å². The second-order valence-corrected chi connectivity index (χ2v) is 6.46. The number of ether oxygens (including phenoxy) is 2. The number of piperazine rings is 1. The lowest BCUT2D eigenvalue weighted by molar-refractivity contribution is -0.130. The maximum absolute atomic E-state index is 12.5. The van der Waals surface area contributed by atoms with Gasteiger partial charge in [-0.25, -0.2) is 0 Å². The van der Waals surface area contributed by atoms with Gasteiger partial charge in [-0.15, -0.1) is 0 Å². The maximum atomic E-state index is 12.5. The van der Waals surface area contributed by atoms with Gasteiger partial charge in [-0.1, -0.05) is 30.3 Å². The number of para-hydroxylation sites is 3. The number of rotatable bonds is 7. The van der Waals surface area contributed by atoms with E-state index in [1.54, 1.807) is 14.2 Å². The van der Waals surface area contributed by atoms with Crippen LogP contribution in [0.25, 0.3) is 0 Å². The van der Waals surface area contributed by atoms with Gasteiger partial charge < -0.3 is 24.6 Å². The molecule has 0 spiro atoms. The van der Waals surface area contributed by atoms with Gasteiger partial charge in [0, 0.05) is 38.3 Å². The van der Waals surface area contributed by atoms with Crippen LogP contribution in [0.1, 0.15) is 5.56 Å². The zero-order chi connectivity index (χ0) is 19.1. The fraction of sp³-hybridized carbons (Fsp3) is 0.381. The van der Waals surface area contributed by atoms with Crippen LogP contribution in [-0.2, 0) is 11.3 Å². The molecule has 0 radical (unpaired) electrons. The van der Waals surface area contributed by atoms with Gasteiger partial charge in [0.1, 0.15) is 11.5 Å². The fourth-order valence-electron chi connectivity index (χ4n) is 3.35. The van der Waals surface area contributed by atoms with E-state index in [0.29, 0.717) is 26.2 Å². The zero-order valence-corrected chi connectivity index (χ0v) is 16.0. The first-order chi connectivity index (χ1) is 13.2. The second kappa shape index (κ2) is 9.28. The molecule has 27 heavy (non-hydrogen) atoms. The van der Waals surface area contributed by atoms with Gasteiger partial charge in [0.25, 0.3) is 0 Å². The zero-order valence-electron chi connectivity index (χ0n) is 16.0. The number of nitrogens with zero attached hydrogens (tertiary/aromatic N) is 2. The Hall–Kier alpha value is -2.73. The van der Waals surface area contributed by atoms with E-state index >= 15 is 0 Å². The highest BCUT2D eigenvalue weighted by atomic mass is 16.5. The lowest BCUT2D eigenvalue weighted by Gasteiger charge is -2.36. The van der Waals surface area contributed by atoms with E-state index < -0.39 is 0 Å². The number of anilines is 1.